The van der Waals surface area contributed by atoms with Gasteiger partial charge < -0.3 is 9.88 Å². The summed E-state index contributed by atoms with van der Waals surface area (Å²) in [7, 11) is 0. The number of H-pyrrole nitrogens is 1. The summed E-state index contributed by atoms with van der Waals surface area (Å²) in [6, 6.07) is 9.75. The largest absolute Gasteiger partial charge is 0.342 e. The first-order valence-corrected chi connectivity index (χ1v) is 7.86. The molecule has 23 heavy (non-hydrogen) atoms. The first-order chi connectivity index (χ1) is 11.2. The summed E-state index contributed by atoms with van der Waals surface area (Å²) in [5.74, 6) is 1.32. The molecule has 0 saturated carbocycles. The number of nitrogens with one attached hydrogen (secondary N) is 1. The van der Waals surface area contributed by atoms with Gasteiger partial charge in [-0.15, -0.1) is 0 Å². The summed E-state index contributed by atoms with van der Waals surface area (Å²) >= 11 is 0. The first-order valence-electron chi connectivity index (χ1n) is 7.86. The number of benzene rings is 1. The minimum absolute atomic E-state index is 0.0712. The van der Waals surface area contributed by atoms with Gasteiger partial charge >= 0.3 is 0 Å². The van der Waals surface area contributed by atoms with Gasteiger partial charge in [-0.3, -0.25) is 9.78 Å². The van der Waals surface area contributed by atoms with Crippen LogP contribution in [-0.4, -0.2) is 38.8 Å². The van der Waals surface area contributed by atoms with E-state index in [-0.39, 0.29) is 11.8 Å². The molecule has 1 aromatic carbocycles. The van der Waals surface area contributed by atoms with E-state index in [1.54, 1.807) is 24.5 Å². The molecule has 1 aliphatic heterocycles. The molecule has 1 N–H and O–H groups in total. The molecular formula is C18H18N4O. The average molecular weight is 306 g/mol. The fraction of sp³-hybridized carbons (Fsp3) is 0.278. The number of carbonyl (C=O) groups excluding carboxylic acids is 1. The van der Waals surface area contributed by atoms with Crippen LogP contribution in [0.15, 0.2) is 42.7 Å². The minimum atomic E-state index is 0.0712. The maximum Gasteiger partial charge on any atom is 0.253 e. The van der Waals surface area contributed by atoms with Gasteiger partial charge in [-0.25, -0.2) is 4.98 Å². The van der Waals surface area contributed by atoms with Gasteiger partial charge in [0.2, 0.25) is 0 Å². The SMILES string of the molecule is Cc1ccc2nc([C@H]3CCN(C(=O)c4ccncc4)C3)[nH]c2c1. The number of hydrogen-bond donors (Lipinski definition) is 1. The van der Waals surface area contributed by atoms with E-state index in [0.717, 1.165) is 29.8 Å². The molecule has 5 nitrogen and oxygen atoms in total. The lowest BCUT2D eigenvalue weighted by Gasteiger charge is -2.15. The van der Waals surface area contributed by atoms with E-state index in [4.69, 9.17) is 4.98 Å². The molecule has 1 fully saturated rings. The van der Waals surface area contributed by atoms with Gasteiger partial charge in [-0.1, -0.05) is 6.07 Å². The fourth-order valence-corrected chi connectivity index (χ4v) is 3.18. The summed E-state index contributed by atoms with van der Waals surface area (Å²) in [6.07, 6.45) is 4.25. The van der Waals surface area contributed by atoms with E-state index in [1.807, 2.05) is 11.0 Å². The number of pyridine rings is 1. The van der Waals surface area contributed by atoms with Crippen molar-refractivity contribution in [2.75, 3.05) is 13.1 Å². The minimum Gasteiger partial charge on any atom is -0.342 e. The van der Waals surface area contributed by atoms with Gasteiger partial charge in [0.05, 0.1) is 11.0 Å². The third kappa shape index (κ3) is 2.59. The molecule has 0 radical (unpaired) electrons. The zero-order chi connectivity index (χ0) is 15.8. The number of fused-ring (bicyclic) bond motifs is 1. The van der Waals surface area contributed by atoms with E-state index in [0.29, 0.717) is 12.1 Å². The lowest BCUT2D eigenvalue weighted by Crippen LogP contribution is -2.28. The monoisotopic (exact) mass is 306 g/mol. The van der Waals surface area contributed by atoms with Crippen LogP contribution in [0.2, 0.25) is 0 Å². The Morgan fingerprint density at radius 3 is 2.91 bits per heavy atom. The number of likely N-dealkylation sites (tertiary alicyclic amines) is 1. The molecule has 4 rings (SSSR count). The molecule has 2 aromatic heterocycles. The Morgan fingerprint density at radius 1 is 1.26 bits per heavy atom. The summed E-state index contributed by atoms with van der Waals surface area (Å²) in [4.78, 5) is 26.5. The van der Waals surface area contributed by atoms with E-state index in [1.165, 1.54) is 5.56 Å². The number of imidazole rings is 1. The topological polar surface area (TPSA) is 61.9 Å². The van der Waals surface area contributed by atoms with Crippen LogP contribution in [0, 0.1) is 6.92 Å². The number of hydrogen-bond acceptors (Lipinski definition) is 3. The fourth-order valence-electron chi connectivity index (χ4n) is 3.18. The Balaban J connectivity index is 1.54. The third-order valence-electron chi connectivity index (χ3n) is 4.45. The van der Waals surface area contributed by atoms with Gasteiger partial charge in [0.25, 0.3) is 5.91 Å². The van der Waals surface area contributed by atoms with E-state index < -0.39 is 0 Å². The Hall–Kier alpha value is -2.69. The smallest absolute Gasteiger partial charge is 0.253 e. The van der Waals surface area contributed by atoms with Crippen molar-refractivity contribution in [1.29, 1.82) is 0 Å². The average Bonchev–Trinajstić information content (AvgIpc) is 3.21. The van der Waals surface area contributed by atoms with E-state index >= 15 is 0 Å². The van der Waals surface area contributed by atoms with Crippen molar-refractivity contribution >= 4 is 16.9 Å². The van der Waals surface area contributed by atoms with Gasteiger partial charge in [0.15, 0.2) is 0 Å². The first kappa shape index (κ1) is 13.9. The predicted octanol–water partition coefficient (Wildman–Crippen LogP) is 2.90. The molecule has 1 aliphatic rings. The molecule has 0 unspecified atom stereocenters. The number of rotatable bonds is 2. The second-order valence-electron chi connectivity index (χ2n) is 6.12. The summed E-state index contributed by atoms with van der Waals surface area (Å²) in [6.45, 7) is 3.55. The standard InChI is InChI=1S/C18H18N4O/c1-12-2-3-15-16(10-12)21-17(20-15)14-6-9-22(11-14)18(23)13-4-7-19-8-5-13/h2-5,7-8,10,14H,6,9,11H2,1H3,(H,20,21)/t14-/m0/s1. The number of nitrogens with zero attached hydrogens (tertiary/aromatic N) is 3. The molecule has 3 aromatic rings. The van der Waals surface area contributed by atoms with Gasteiger partial charge in [0.1, 0.15) is 5.82 Å². The van der Waals surface area contributed by atoms with Crippen LogP contribution in [0.25, 0.3) is 11.0 Å². The van der Waals surface area contributed by atoms with Crippen LogP contribution in [0.3, 0.4) is 0 Å². The van der Waals surface area contributed by atoms with Crippen LogP contribution < -0.4 is 0 Å². The maximum absolute atomic E-state index is 12.5. The second kappa shape index (κ2) is 5.50. The number of amides is 1. The predicted molar refractivity (Wildman–Crippen MR) is 88.3 cm³/mol. The molecule has 5 heteroatoms. The summed E-state index contributed by atoms with van der Waals surface area (Å²) in [5.41, 5.74) is 3.97. The maximum atomic E-state index is 12.5. The molecule has 1 amide bonds. The number of aromatic nitrogens is 3. The van der Waals surface area contributed by atoms with Crippen molar-refractivity contribution < 1.29 is 4.79 Å². The summed E-state index contributed by atoms with van der Waals surface area (Å²) < 4.78 is 0. The lowest BCUT2D eigenvalue weighted by atomic mass is 10.1. The molecule has 1 atom stereocenters. The van der Waals surface area contributed by atoms with Crippen LogP contribution in [-0.2, 0) is 0 Å². The van der Waals surface area contributed by atoms with Gasteiger partial charge in [-0.05, 0) is 43.2 Å². The molecule has 0 aliphatic carbocycles. The molecular weight excluding hydrogens is 288 g/mol. The zero-order valence-corrected chi connectivity index (χ0v) is 13.0. The van der Waals surface area contributed by atoms with Crippen molar-refractivity contribution in [3.63, 3.8) is 0 Å². The Morgan fingerprint density at radius 2 is 2.09 bits per heavy atom. The Kier molecular flexibility index (Phi) is 3.33. The van der Waals surface area contributed by atoms with Crippen molar-refractivity contribution in [1.82, 2.24) is 19.9 Å². The highest BCUT2D eigenvalue weighted by Crippen LogP contribution is 2.28. The molecule has 1 saturated heterocycles. The summed E-state index contributed by atoms with van der Waals surface area (Å²) in [5, 5.41) is 0. The third-order valence-corrected chi connectivity index (χ3v) is 4.45. The van der Waals surface area contributed by atoms with Crippen molar-refractivity contribution in [3.8, 4) is 0 Å². The number of carbonyl (C=O) groups is 1. The molecule has 0 bridgehead atoms. The quantitative estimate of drug-likeness (QED) is 0.792. The molecule has 0 spiro atoms. The number of aryl methyl sites for hydroxylation is 1. The van der Waals surface area contributed by atoms with E-state index in [2.05, 4.69) is 29.0 Å². The van der Waals surface area contributed by atoms with Gasteiger partial charge in [-0.2, -0.15) is 0 Å². The zero-order valence-electron chi connectivity index (χ0n) is 13.0. The van der Waals surface area contributed by atoms with Crippen LogP contribution in [0.5, 0.6) is 0 Å². The van der Waals surface area contributed by atoms with Crippen LogP contribution in [0.4, 0.5) is 0 Å². The molecule has 3 heterocycles. The lowest BCUT2D eigenvalue weighted by molar-refractivity contribution is 0.0790. The number of aromatic amines is 1. The van der Waals surface area contributed by atoms with Crippen molar-refractivity contribution in [3.05, 3.63) is 59.7 Å². The van der Waals surface area contributed by atoms with Crippen LogP contribution in [0.1, 0.15) is 34.1 Å². The van der Waals surface area contributed by atoms with Gasteiger partial charge in [0, 0.05) is 37.0 Å². The highest BCUT2D eigenvalue weighted by atomic mass is 16.2. The normalized spacial score (nSPS) is 17.8. The molecule has 116 valence electrons. The Labute approximate surface area is 134 Å². The van der Waals surface area contributed by atoms with E-state index in [9.17, 15) is 4.79 Å². The van der Waals surface area contributed by atoms with Crippen LogP contribution >= 0.6 is 0 Å². The Bertz CT molecular complexity index is 856. The highest BCUT2D eigenvalue weighted by Gasteiger charge is 2.29. The highest BCUT2D eigenvalue weighted by molar-refractivity contribution is 5.94. The van der Waals surface area contributed by atoms with Crippen molar-refractivity contribution in [2.45, 2.75) is 19.3 Å². The second-order valence-corrected chi connectivity index (χ2v) is 6.12. The van der Waals surface area contributed by atoms with Crippen molar-refractivity contribution in [2.24, 2.45) is 0 Å².